The quantitative estimate of drug-likeness (QED) is 0.217. The van der Waals surface area contributed by atoms with Gasteiger partial charge in [0.2, 0.25) is 0 Å². The van der Waals surface area contributed by atoms with Gasteiger partial charge in [-0.15, -0.1) is 0 Å². The lowest BCUT2D eigenvalue weighted by Gasteiger charge is -2.34. The van der Waals surface area contributed by atoms with E-state index in [0.717, 1.165) is 76.5 Å². The zero-order chi connectivity index (χ0) is 34.8. The average Bonchev–Trinajstić information content (AvgIpc) is 3.46. The van der Waals surface area contributed by atoms with Crippen LogP contribution in [-0.4, -0.2) is 92.3 Å². The number of piperazine rings is 1. The Balaban J connectivity index is 1.61. The Morgan fingerprint density at radius 1 is 1.10 bits per heavy atom. The second kappa shape index (κ2) is 12.6. The molecule has 1 unspecified atom stereocenters. The van der Waals surface area contributed by atoms with E-state index in [1.54, 1.807) is 7.11 Å². The second-order valence-electron chi connectivity index (χ2n) is 15.8. The van der Waals surface area contributed by atoms with Crippen molar-refractivity contribution in [2.24, 2.45) is 5.41 Å². The minimum atomic E-state index is -0.543. The number of carbonyl (C=O) groups excluding carboxylic acids is 1. The largest absolute Gasteiger partial charge is 0.494 e. The minimum absolute atomic E-state index is 0.0565. The molecule has 5 heterocycles. The Bertz CT molecular complexity index is 1680. The first-order valence-electron chi connectivity index (χ1n) is 17.3. The van der Waals surface area contributed by atoms with Crippen molar-refractivity contribution >= 4 is 35.1 Å². The monoisotopic (exact) mass is 660 g/mol. The molecule has 6 rings (SSSR count). The Labute approximate surface area is 286 Å². The van der Waals surface area contributed by atoms with Gasteiger partial charge < -0.3 is 37.9 Å². The number of benzene rings is 1. The molecule has 0 bridgehead atoms. The summed E-state index contributed by atoms with van der Waals surface area (Å²) in [6.45, 7) is 23.0. The summed E-state index contributed by atoms with van der Waals surface area (Å²) in [6.07, 6.45) is 2.42. The summed E-state index contributed by atoms with van der Waals surface area (Å²) in [4.78, 5) is 21.8. The van der Waals surface area contributed by atoms with Crippen LogP contribution in [0.25, 0.3) is 22.2 Å². The minimum Gasteiger partial charge on any atom is -0.489 e. The molecule has 0 aliphatic carbocycles. The van der Waals surface area contributed by atoms with Crippen molar-refractivity contribution in [1.82, 2.24) is 14.5 Å². The number of carbonyl (C=O) groups is 1. The number of aromatic nitrogens is 2. The van der Waals surface area contributed by atoms with Crippen LogP contribution in [-0.2, 0) is 30.0 Å². The Kier molecular flexibility index (Phi) is 9.15. The van der Waals surface area contributed by atoms with Crippen LogP contribution < -0.4 is 15.1 Å². The summed E-state index contributed by atoms with van der Waals surface area (Å²) in [7, 11) is 3.36. The molecule has 2 atom stereocenters. The molecule has 2 aromatic heterocycles. The van der Waals surface area contributed by atoms with Crippen molar-refractivity contribution in [2.75, 3.05) is 58.5 Å². The van der Waals surface area contributed by atoms with E-state index in [4.69, 9.17) is 28.5 Å². The number of nitrogens with zero attached hydrogens (tertiary/aromatic N) is 4. The number of esters is 1. The molecule has 48 heavy (non-hydrogen) atoms. The van der Waals surface area contributed by atoms with Gasteiger partial charge in [0.05, 0.1) is 58.7 Å². The van der Waals surface area contributed by atoms with Gasteiger partial charge in [-0.1, -0.05) is 19.9 Å². The average molecular weight is 661 g/mol. The molecule has 11 heteroatoms. The number of ether oxygens (including phenoxy) is 3. The number of methoxy groups -OCH3 is 1. The van der Waals surface area contributed by atoms with E-state index in [-0.39, 0.29) is 23.5 Å². The summed E-state index contributed by atoms with van der Waals surface area (Å²) in [5.41, 5.74) is 5.93. The number of likely N-dealkylation sites (N-methyl/N-ethyl adjacent to an activating group) is 1. The fourth-order valence-corrected chi connectivity index (χ4v) is 7.07. The number of pyridine rings is 1. The van der Waals surface area contributed by atoms with Crippen LogP contribution in [0.5, 0.6) is 5.75 Å². The molecule has 0 amide bonds. The van der Waals surface area contributed by atoms with Crippen LogP contribution in [0.4, 0.5) is 5.69 Å². The predicted octanol–water partition coefficient (Wildman–Crippen LogP) is 5.55. The molecule has 0 spiro atoms. The maximum atomic E-state index is 11.9. The molecule has 10 nitrogen and oxygen atoms in total. The van der Waals surface area contributed by atoms with Gasteiger partial charge >= 0.3 is 13.1 Å². The van der Waals surface area contributed by atoms with Crippen LogP contribution >= 0.6 is 0 Å². The highest BCUT2D eigenvalue weighted by atomic mass is 16.7. The van der Waals surface area contributed by atoms with E-state index in [9.17, 15) is 4.79 Å². The molecule has 0 radical (unpaired) electrons. The van der Waals surface area contributed by atoms with Crippen LogP contribution in [0.15, 0.2) is 24.4 Å². The zero-order valence-electron chi connectivity index (χ0n) is 30.7. The number of hydrogen-bond acceptors (Lipinski definition) is 9. The molecule has 3 aromatic rings. The topological polar surface area (TPSA) is 87.5 Å². The van der Waals surface area contributed by atoms with E-state index in [0.29, 0.717) is 19.6 Å². The third-order valence-electron chi connectivity index (χ3n) is 10.7. The lowest BCUT2D eigenvalue weighted by Crippen LogP contribution is -2.44. The first-order valence-corrected chi connectivity index (χ1v) is 17.3. The fourth-order valence-electron chi connectivity index (χ4n) is 7.07. The molecule has 2 saturated heterocycles. The van der Waals surface area contributed by atoms with Gasteiger partial charge in [0, 0.05) is 56.6 Å². The van der Waals surface area contributed by atoms with E-state index < -0.39 is 18.3 Å². The number of hydrogen-bond donors (Lipinski definition) is 0. The summed E-state index contributed by atoms with van der Waals surface area (Å²) in [5, 5.41) is 1.08. The maximum Gasteiger partial charge on any atom is 0.494 e. The van der Waals surface area contributed by atoms with Crippen LogP contribution in [0.2, 0.25) is 0 Å². The van der Waals surface area contributed by atoms with Gasteiger partial charge in [0.1, 0.15) is 12.4 Å². The zero-order valence-corrected chi connectivity index (χ0v) is 30.7. The lowest BCUT2D eigenvalue weighted by atomic mass is 9.77. The maximum absolute atomic E-state index is 11.9. The molecular weight excluding hydrogens is 607 g/mol. The fraction of sp³-hybridized carbons (Fsp3) is 0.622. The van der Waals surface area contributed by atoms with E-state index in [1.165, 1.54) is 6.92 Å². The SMILES string of the molecule is CO[C@@H](C)c1ncc(N2CCN(C)CC2)cc1-c1c(CC(C)(C)COC(C)=O)c2cc(B3OC(C)(C)C(C)(C)O3)cc3c2n1C(C)CO3. The van der Waals surface area contributed by atoms with Crippen LogP contribution in [0.1, 0.15) is 85.7 Å². The molecular formula is C37H53BN4O6. The highest BCUT2D eigenvalue weighted by Gasteiger charge is 2.52. The van der Waals surface area contributed by atoms with Gasteiger partial charge in [-0.25, -0.2) is 0 Å². The highest BCUT2D eigenvalue weighted by Crippen LogP contribution is 2.47. The summed E-state index contributed by atoms with van der Waals surface area (Å²) < 4.78 is 33.6. The molecule has 0 N–H and O–H groups in total. The molecule has 260 valence electrons. The molecule has 1 aromatic carbocycles. The molecule has 2 fully saturated rings. The van der Waals surface area contributed by atoms with Gasteiger partial charge in [-0.3, -0.25) is 9.78 Å². The second-order valence-corrected chi connectivity index (χ2v) is 15.8. The highest BCUT2D eigenvalue weighted by molar-refractivity contribution is 6.62. The third kappa shape index (κ3) is 6.35. The Hall–Kier alpha value is -3.12. The van der Waals surface area contributed by atoms with Crippen molar-refractivity contribution in [1.29, 1.82) is 0 Å². The first-order chi connectivity index (χ1) is 22.5. The van der Waals surface area contributed by atoms with Gasteiger partial charge in [0.25, 0.3) is 0 Å². The van der Waals surface area contributed by atoms with E-state index >= 15 is 0 Å². The van der Waals surface area contributed by atoms with Crippen molar-refractivity contribution in [3.63, 3.8) is 0 Å². The molecule has 3 aliphatic heterocycles. The normalized spacial score (nSPS) is 21.4. The van der Waals surface area contributed by atoms with Crippen LogP contribution in [0.3, 0.4) is 0 Å². The summed E-state index contributed by atoms with van der Waals surface area (Å²) in [6, 6.07) is 6.67. The third-order valence-corrected chi connectivity index (χ3v) is 10.7. The van der Waals surface area contributed by atoms with Gasteiger partial charge in [-0.05, 0) is 78.2 Å². The van der Waals surface area contributed by atoms with E-state index in [1.807, 2.05) is 6.20 Å². The standard InChI is InChI=1S/C37H53BN4O6/c1-23-21-45-31-17-26(38-47-36(6,7)37(8,9)48-38)16-28-30(19-35(4,5)22-46-25(3)43)33(42(23)34(28)31)29-18-27(20-39-32(29)24(2)44-11)41-14-12-40(10)13-15-41/h16-18,20,23-24H,12-15,19,21-22H2,1-11H3/t23?,24-/m0/s1. The predicted molar refractivity (Wildman–Crippen MR) is 190 cm³/mol. The van der Waals surface area contributed by atoms with Crippen molar-refractivity contribution in [3.05, 3.63) is 35.7 Å². The van der Waals surface area contributed by atoms with Gasteiger partial charge in [-0.2, -0.15) is 0 Å². The summed E-state index contributed by atoms with van der Waals surface area (Å²) >= 11 is 0. The number of anilines is 1. The van der Waals surface area contributed by atoms with Gasteiger partial charge in [0.15, 0.2) is 0 Å². The molecule has 0 saturated carbocycles. The van der Waals surface area contributed by atoms with Crippen LogP contribution in [0, 0.1) is 5.41 Å². The number of rotatable bonds is 9. The van der Waals surface area contributed by atoms with E-state index in [2.05, 4.69) is 95.0 Å². The molecule has 3 aliphatic rings. The summed E-state index contributed by atoms with van der Waals surface area (Å²) in [5.74, 6) is 0.529. The smallest absolute Gasteiger partial charge is 0.489 e. The lowest BCUT2D eigenvalue weighted by molar-refractivity contribution is -0.143. The Morgan fingerprint density at radius 3 is 2.40 bits per heavy atom. The Morgan fingerprint density at radius 2 is 1.77 bits per heavy atom. The van der Waals surface area contributed by atoms with Crippen molar-refractivity contribution in [3.8, 4) is 17.0 Å². The first kappa shape index (κ1) is 34.7. The van der Waals surface area contributed by atoms with Crippen molar-refractivity contribution in [2.45, 2.75) is 92.1 Å². The van der Waals surface area contributed by atoms with Crippen molar-refractivity contribution < 1.29 is 28.3 Å².